The van der Waals surface area contributed by atoms with Crippen molar-refractivity contribution in [3.63, 3.8) is 0 Å². The largest absolute Gasteiger partial charge is 0.481 e. The standard InChI is InChI=1S/C57H77N9O18S/c1-6-31(3)51-44(70)22-33-21-39-38-25-35(61-46(72)14-18-83-17-8-9-36(67)11-13-45(71)58-16-20-84-19-15-49(75)76)10-12-40(38)63-56(39)85-30-41(62-47(73)27-60-55(80)52(32(4)7-2)64-48(74)28-59-53(33)78)43(69)23-34(24-50(77)82-5)57(81)66-29-37(68)26-42(66)54(79)65-51/h10,12,25,31-34,37,41-42,51-52,63,68H,6-9,14-24,26-30H2,1-5H3,(H,58,71)(H,59,78)(H,60,80)(H,61,72)(H,62,73)(H,64,74)(H,65,79)(H,75,76)/t31-,32-,33+,34-,37+,41-,42-,51-,52-/m0/s1. The van der Waals surface area contributed by atoms with Gasteiger partial charge in [-0.3, -0.25) is 62.3 Å². The van der Waals surface area contributed by atoms with Gasteiger partial charge in [-0.15, -0.1) is 11.8 Å². The molecule has 1 aromatic heterocycles. The molecule has 2 aromatic rings. The molecule has 85 heavy (non-hydrogen) atoms. The minimum absolute atomic E-state index is 0.0165. The molecular formula is C57H77N9O18S. The van der Waals surface area contributed by atoms with Gasteiger partial charge < -0.3 is 71.5 Å². The van der Waals surface area contributed by atoms with E-state index in [4.69, 9.17) is 19.3 Å². The SMILES string of the molecule is CC[C@H](C)[C@@H]1NC(=O)[C@@H]2C[C@@H](O)CN2C(=O)[C@H](CC(=O)OC)CC(=O)[C@@H]2CSc3[nH]c4ccc(NC(=O)CCOCCCC(=O)C#CC(=O)NCCOCCC(=O)O)cc4c3C[C@H](CC1=O)C(=O)NCC(=O)N[C@@H]([C@@H](C)CC)C(=O)NCC(=O)N2. The van der Waals surface area contributed by atoms with E-state index < -0.39 is 163 Å². The number of carbonyl (C=O) groups excluding carboxylic acids is 12. The van der Waals surface area contributed by atoms with Gasteiger partial charge in [0.05, 0.1) is 88.4 Å². The van der Waals surface area contributed by atoms with E-state index in [1.54, 1.807) is 45.9 Å². The Morgan fingerprint density at radius 1 is 0.788 bits per heavy atom. The Morgan fingerprint density at radius 3 is 2.18 bits per heavy atom. The second-order valence-electron chi connectivity index (χ2n) is 21.2. The number of amides is 8. The van der Waals surface area contributed by atoms with Crippen LogP contribution >= 0.6 is 11.8 Å². The van der Waals surface area contributed by atoms with E-state index >= 15 is 0 Å². The Kier molecular flexibility index (Phi) is 27.0. The first kappa shape index (κ1) is 68.0. The number of esters is 1. The fourth-order valence-electron chi connectivity index (χ4n) is 9.68. The molecule has 1 aromatic carbocycles. The fourth-order valence-corrected chi connectivity index (χ4v) is 10.8. The van der Waals surface area contributed by atoms with Crippen molar-refractivity contribution in [1.82, 2.24) is 41.8 Å². The zero-order chi connectivity index (χ0) is 62.3. The number of rotatable bonds is 20. The highest BCUT2D eigenvalue weighted by Gasteiger charge is 2.44. The number of nitrogens with zero attached hydrogens (tertiary/aromatic N) is 1. The van der Waals surface area contributed by atoms with Crippen LogP contribution in [0.5, 0.6) is 0 Å². The molecule has 2 bridgehead atoms. The first-order valence-corrected chi connectivity index (χ1v) is 29.3. The van der Waals surface area contributed by atoms with Gasteiger partial charge >= 0.3 is 11.9 Å². The average Bonchev–Trinajstić information content (AvgIpc) is 2.66. The molecule has 5 rings (SSSR count). The number of methoxy groups -OCH3 is 1. The van der Waals surface area contributed by atoms with E-state index in [9.17, 15) is 67.4 Å². The highest BCUT2D eigenvalue weighted by atomic mass is 32.2. The van der Waals surface area contributed by atoms with Gasteiger partial charge in [0.15, 0.2) is 11.6 Å². The van der Waals surface area contributed by atoms with Gasteiger partial charge in [-0.25, -0.2) is 0 Å². The second kappa shape index (κ2) is 33.7. The Morgan fingerprint density at radius 2 is 1.47 bits per heavy atom. The number of nitrogens with one attached hydrogen (secondary N) is 8. The van der Waals surface area contributed by atoms with Gasteiger partial charge in [-0.1, -0.05) is 40.5 Å². The number of benzene rings is 1. The number of aliphatic hydroxyl groups excluding tert-OH is 1. The number of carbonyl (C=O) groups is 13. The van der Waals surface area contributed by atoms with Gasteiger partial charge in [-0.2, -0.15) is 0 Å². The minimum atomic E-state index is -1.47. The predicted octanol–water partition coefficient (Wildman–Crippen LogP) is -0.410. The molecule has 9 atom stereocenters. The number of fused-ring (bicyclic) bond motifs is 5. The molecule has 27 nitrogen and oxygen atoms in total. The summed E-state index contributed by atoms with van der Waals surface area (Å²) in [4.78, 5) is 180. The van der Waals surface area contributed by atoms with Crippen LogP contribution in [0.25, 0.3) is 10.9 Å². The van der Waals surface area contributed by atoms with E-state index in [0.717, 1.165) is 23.8 Å². The van der Waals surface area contributed by atoms with Gasteiger partial charge in [0.2, 0.25) is 47.1 Å². The minimum Gasteiger partial charge on any atom is -0.481 e. The van der Waals surface area contributed by atoms with Crippen LogP contribution in [0, 0.1) is 35.5 Å². The van der Waals surface area contributed by atoms with Crippen LogP contribution in [0.1, 0.15) is 97.5 Å². The van der Waals surface area contributed by atoms with Crippen molar-refractivity contribution in [2.75, 3.05) is 70.8 Å². The quantitative estimate of drug-likeness (QED) is 0.0349. The van der Waals surface area contributed by atoms with Gasteiger partial charge in [0, 0.05) is 79.6 Å². The zero-order valence-corrected chi connectivity index (χ0v) is 49.2. The number of aliphatic carboxylic acids is 1. The number of thioether (sulfide) groups is 1. The number of anilines is 1. The second-order valence-corrected chi connectivity index (χ2v) is 22.2. The topological polar surface area (TPSA) is 393 Å². The molecule has 464 valence electrons. The highest BCUT2D eigenvalue weighted by Crippen LogP contribution is 2.36. The summed E-state index contributed by atoms with van der Waals surface area (Å²) in [6, 6.07) is -0.345. The molecule has 3 aliphatic rings. The van der Waals surface area contributed by atoms with E-state index in [2.05, 4.69) is 54.0 Å². The maximum absolute atomic E-state index is 14.8. The van der Waals surface area contributed by atoms with Crippen LogP contribution < -0.4 is 37.2 Å². The number of hydrogen-bond donors (Lipinski definition) is 10. The highest BCUT2D eigenvalue weighted by molar-refractivity contribution is 7.99. The number of ketones is 3. The molecule has 0 spiro atoms. The van der Waals surface area contributed by atoms with Gasteiger partial charge in [0.1, 0.15) is 12.1 Å². The molecule has 0 saturated carbocycles. The molecule has 0 radical (unpaired) electrons. The van der Waals surface area contributed by atoms with Crippen molar-refractivity contribution in [2.24, 2.45) is 23.7 Å². The number of aromatic nitrogens is 1. The summed E-state index contributed by atoms with van der Waals surface area (Å²) in [7, 11) is 1.09. The Hall–Kier alpha value is -7.74. The van der Waals surface area contributed by atoms with Crippen LogP contribution in [0.2, 0.25) is 0 Å². The fraction of sp³-hybridized carbons (Fsp3) is 0.596. The summed E-state index contributed by atoms with van der Waals surface area (Å²) in [5, 5.41) is 38.8. The maximum Gasteiger partial charge on any atom is 0.306 e. The number of carboxylic acid groups (broad SMARTS) is 1. The third-order valence-electron chi connectivity index (χ3n) is 14.8. The number of aromatic amines is 1. The summed E-state index contributed by atoms with van der Waals surface area (Å²) < 4.78 is 15.6. The van der Waals surface area contributed by atoms with Crippen molar-refractivity contribution in [2.45, 2.75) is 134 Å². The average molecular weight is 1210 g/mol. The molecule has 0 unspecified atom stereocenters. The predicted molar refractivity (Wildman–Crippen MR) is 305 cm³/mol. The van der Waals surface area contributed by atoms with Crippen molar-refractivity contribution in [1.29, 1.82) is 0 Å². The molecule has 1 saturated heterocycles. The zero-order valence-electron chi connectivity index (χ0n) is 48.4. The van der Waals surface area contributed by atoms with Crippen LogP contribution in [0.15, 0.2) is 23.2 Å². The molecule has 4 heterocycles. The number of H-pyrrole nitrogens is 1. The Bertz CT molecular complexity index is 2880. The normalized spacial score (nSPS) is 22.8. The van der Waals surface area contributed by atoms with E-state index in [1.807, 2.05) is 0 Å². The van der Waals surface area contributed by atoms with E-state index in [0.29, 0.717) is 40.0 Å². The lowest BCUT2D eigenvalue weighted by molar-refractivity contribution is -0.149. The maximum atomic E-state index is 14.8. The molecule has 3 aliphatic heterocycles. The molecule has 28 heteroatoms. The Labute approximate surface area is 495 Å². The van der Waals surface area contributed by atoms with Crippen molar-refractivity contribution in [3.8, 4) is 11.8 Å². The van der Waals surface area contributed by atoms with Crippen LogP contribution in [0.4, 0.5) is 5.69 Å². The number of carboxylic acids is 1. The summed E-state index contributed by atoms with van der Waals surface area (Å²) in [5.41, 5.74) is 1.19. The van der Waals surface area contributed by atoms with Crippen molar-refractivity contribution in [3.05, 3.63) is 23.8 Å². The molecule has 0 aliphatic carbocycles. The summed E-state index contributed by atoms with van der Waals surface area (Å²) >= 11 is 1.03. The smallest absolute Gasteiger partial charge is 0.306 e. The van der Waals surface area contributed by atoms with E-state index in [1.165, 1.54) is 0 Å². The van der Waals surface area contributed by atoms with Gasteiger partial charge in [0.25, 0.3) is 5.91 Å². The molecular weight excluding hydrogens is 1130 g/mol. The number of ether oxygens (including phenoxy) is 3. The lowest BCUT2D eigenvalue weighted by Crippen LogP contribution is -2.55. The molecule has 8 amide bonds. The first-order valence-electron chi connectivity index (χ1n) is 28.3. The van der Waals surface area contributed by atoms with Crippen LogP contribution in [-0.4, -0.2) is 192 Å². The first-order chi connectivity index (χ1) is 40.5. The monoisotopic (exact) mass is 1210 g/mol. The lowest BCUT2D eigenvalue weighted by atomic mass is 9.86. The summed E-state index contributed by atoms with van der Waals surface area (Å²) in [6.07, 6.45) is -2.82. The third kappa shape index (κ3) is 21.1. The molecule has 10 N–H and O–H groups in total. The summed E-state index contributed by atoms with van der Waals surface area (Å²) in [5.74, 6) is -9.22. The molecule has 1 fully saturated rings. The van der Waals surface area contributed by atoms with Crippen molar-refractivity contribution >= 4 is 105 Å². The number of aliphatic hydroxyl groups is 1. The number of hydrogen-bond acceptors (Lipinski definition) is 18. The van der Waals surface area contributed by atoms with Crippen molar-refractivity contribution < 1.29 is 86.8 Å². The van der Waals surface area contributed by atoms with Crippen LogP contribution in [-0.2, 0) is 83.0 Å². The van der Waals surface area contributed by atoms with Crippen LogP contribution in [0.3, 0.4) is 0 Å². The lowest BCUT2D eigenvalue weighted by Gasteiger charge is -2.31. The third-order valence-corrected chi connectivity index (χ3v) is 16.0. The van der Waals surface area contributed by atoms with Gasteiger partial charge in [-0.05, 0) is 54.4 Å². The van der Waals surface area contributed by atoms with E-state index in [-0.39, 0.29) is 83.8 Å². The number of Topliss-reactive ketones (excluding diaryl/α,β-unsaturated/α-hetero) is 3. The summed E-state index contributed by atoms with van der Waals surface area (Å²) in [6.45, 7) is 5.50. The Balaban J connectivity index is 1.47.